The number of fused-ring (bicyclic) bond motifs is 1. The molecule has 8 aromatic rings. The first-order valence-electron chi connectivity index (χ1n) is 22.8. The molecule has 0 saturated heterocycles. The molecule has 4 heteroatoms. The van der Waals surface area contributed by atoms with Crippen molar-refractivity contribution in [3.05, 3.63) is 186 Å². The molecule has 0 unspecified atom stereocenters. The Morgan fingerprint density at radius 1 is 0.707 bits per heavy atom. The predicted molar refractivity (Wildman–Crippen MR) is 241 cm³/mol. The van der Waals surface area contributed by atoms with E-state index in [9.17, 15) is 0 Å². The first kappa shape index (κ1) is 33.6. The van der Waals surface area contributed by atoms with Crippen molar-refractivity contribution in [1.82, 2.24) is 14.5 Å². The molecule has 0 fully saturated rings. The minimum atomic E-state index is -2.31. The Morgan fingerprint density at radius 2 is 1.38 bits per heavy atom. The maximum Gasteiger partial charge on any atom is 0.0774 e. The monoisotopic (exact) mass is 943 g/mol. The Hall–Kier alpha value is -5.41. The number of nitrogens with zero attached hydrogens (tertiary/aromatic N) is 3. The number of hydrogen-bond acceptors (Lipinski definition) is 2. The molecule has 1 radical (unpaired) electrons. The van der Waals surface area contributed by atoms with E-state index in [1.165, 1.54) is 0 Å². The molecule has 295 valence electrons. The summed E-state index contributed by atoms with van der Waals surface area (Å²) in [6.45, 7) is 10.8. The van der Waals surface area contributed by atoms with Crippen LogP contribution in [0, 0.1) is 24.4 Å². The van der Waals surface area contributed by atoms with Crippen LogP contribution in [0.15, 0.2) is 152 Å². The zero-order valence-corrected chi connectivity index (χ0v) is 36.5. The topological polar surface area (TPSA) is 30.7 Å². The summed E-state index contributed by atoms with van der Waals surface area (Å²) in [6, 6.07) is 52.3. The van der Waals surface area contributed by atoms with Crippen LogP contribution in [0.25, 0.3) is 61.6 Å². The van der Waals surface area contributed by atoms with Gasteiger partial charge in [0.1, 0.15) is 0 Å². The van der Waals surface area contributed by atoms with Crippen molar-refractivity contribution in [2.45, 2.75) is 73.5 Å². The summed E-state index contributed by atoms with van der Waals surface area (Å²) in [5, 5.41) is 0. The van der Waals surface area contributed by atoms with Crippen LogP contribution < -0.4 is 0 Å². The van der Waals surface area contributed by atoms with Gasteiger partial charge in [-0.2, -0.15) is 0 Å². The van der Waals surface area contributed by atoms with Crippen molar-refractivity contribution in [1.29, 1.82) is 0 Å². The average molecular weight is 943 g/mol. The van der Waals surface area contributed by atoms with E-state index in [4.69, 9.17) is 14.6 Å². The summed E-state index contributed by atoms with van der Waals surface area (Å²) in [4.78, 5) is 9.53. The number of imidazole rings is 1. The number of para-hydroxylation sites is 3. The van der Waals surface area contributed by atoms with E-state index >= 15 is 0 Å². The van der Waals surface area contributed by atoms with E-state index < -0.39 is 30.4 Å². The molecule has 0 spiro atoms. The molecular weight excluding hydrogens is 883 g/mol. The van der Waals surface area contributed by atoms with Crippen LogP contribution in [0.5, 0.6) is 0 Å². The third-order valence-electron chi connectivity index (χ3n) is 9.66. The second kappa shape index (κ2) is 18.5. The van der Waals surface area contributed by atoms with Crippen LogP contribution in [-0.2, 0) is 26.5 Å². The molecule has 0 N–H and O–H groups in total. The molecule has 2 aromatic heterocycles. The summed E-state index contributed by atoms with van der Waals surface area (Å²) in [5.74, 6) is -1.33. The number of rotatable bonds is 8. The van der Waals surface area contributed by atoms with Crippen LogP contribution in [0.2, 0.25) is 0 Å². The molecule has 0 aliphatic heterocycles. The van der Waals surface area contributed by atoms with Gasteiger partial charge in [-0.05, 0) is 74.8 Å². The molecule has 8 rings (SSSR count). The summed E-state index contributed by atoms with van der Waals surface area (Å²) >= 11 is 0. The van der Waals surface area contributed by atoms with E-state index in [-0.39, 0.29) is 25.7 Å². The van der Waals surface area contributed by atoms with Gasteiger partial charge >= 0.3 is 0 Å². The van der Waals surface area contributed by atoms with E-state index in [0.29, 0.717) is 22.5 Å². The normalized spacial score (nSPS) is 13.9. The quantitative estimate of drug-likeness (QED) is 0.142. The van der Waals surface area contributed by atoms with Crippen molar-refractivity contribution >= 4 is 11.0 Å². The summed E-state index contributed by atoms with van der Waals surface area (Å²) in [6.07, 6.45) is 0.473. The molecule has 0 saturated carbocycles. The zero-order valence-electron chi connectivity index (χ0n) is 41.1. The van der Waals surface area contributed by atoms with Crippen molar-refractivity contribution in [3.63, 3.8) is 0 Å². The second-order valence-corrected chi connectivity index (χ2v) is 15.7. The summed E-state index contributed by atoms with van der Waals surface area (Å²) in [5.41, 5.74) is 10.3. The van der Waals surface area contributed by atoms with Crippen molar-refractivity contribution < 1.29 is 29.7 Å². The molecule has 0 amide bonds. The molecule has 0 aliphatic rings. The van der Waals surface area contributed by atoms with E-state index in [2.05, 4.69) is 17.1 Å². The number of aromatic nitrogens is 3. The maximum absolute atomic E-state index is 8.98. The molecule has 0 atom stereocenters. The van der Waals surface area contributed by atoms with Crippen molar-refractivity contribution in [2.24, 2.45) is 5.41 Å². The Labute approximate surface area is 369 Å². The summed E-state index contributed by atoms with van der Waals surface area (Å²) in [7, 11) is 0. The molecule has 3 nitrogen and oxygen atoms in total. The van der Waals surface area contributed by atoms with Gasteiger partial charge in [-0.3, -0.25) is 4.98 Å². The van der Waals surface area contributed by atoms with Crippen LogP contribution in [0.3, 0.4) is 0 Å². The van der Waals surface area contributed by atoms with Gasteiger partial charge in [0.25, 0.3) is 0 Å². The Balaban J connectivity index is 0.000000233. The molecule has 6 aromatic carbocycles. The first-order chi connectivity index (χ1) is 30.1. The minimum Gasteiger partial charge on any atom is -0.333 e. The standard InChI is InChI=1S/C32H31N2.C22H22N.Ir/c1-21(2)26-14-11-15-27(22(3)4)31(26)34-30-17-10-9-16-29(30)33-32(34)25-19-18-23(5)28(20-25)24-12-7-6-8-13-24;1-22(2,3)15-17-9-11-18(12-10-17)20-13-14-21(23-16-20)19-7-5-4-6-8-19;/h6-18,20-22H,1-5H3;4-7,9-14,16H,15H2,1-3H3;/q2*-1;/i5D3,21D,22D;15D2;. The number of hydrogen-bond donors (Lipinski definition) is 0. The second-order valence-electron chi connectivity index (χ2n) is 15.7. The number of aryl methyl sites for hydroxylation is 1. The smallest absolute Gasteiger partial charge is 0.0774 e. The van der Waals surface area contributed by atoms with Gasteiger partial charge in [0.2, 0.25) is 0 Å². The van der Waals surface area contributed by atoms with Gasteiger partial charge in [0, 0.05) is 41.6 Å². The first-order valence-corrected chi connectivity index (χ1v) is 19.3. The van der Waals surface area contributed by atoms with Crippen molar-refractivity contribution in [3.8, 4) is 50.6 Å². The molecular formula is C54H53IrN3-2. The van der Waals surface area contributed by atoms with Gasteiger partial charge in [-0.1, -0.05) is 158 Å². The van der Waals surface area contributed by atoms with Crippen LogP contribution in [-0.4, -0.2) is 14.5 Å². The summed E-state index contributed by atoms with van der Waals surface area (Å²) < 4.78 is 61.2. The third-order valence-corrected chi connectivity index (χ3v) is 9.66. The van der Waals surface area contributed by atoms with Gasteiger partial charge in [0.05, 0.1) is 16.9 Å². The SMILES string of the molecule is [2H]C([2H])([2H])c1c[c-]c(-c2nc3ccccc3n2-c2c(C([2H])(C)C)cccc2C([2H])(C)C)cc1-c1ccccc1.[2H]C([2H])(c1ccc(-c2ccc(-c3[c-]cccc3)nc2)cc1)C(C)(C)C.[Ir]. The fourth-order valence-corrected chi connectivity index (χ4v) is 6.96. The Bertz CT molecular complexity index is 2840. The van der Waals surface area contributed by atoms with Gasteiger partial charge in [-0.15, -0.1) is 65.2 Å². The largest absolute Gasteiger partial charge is 0.333 e. The Morgan fingerprint density at radius 3 is 2.00 bits per heavy atom. The van der Waals surface area contributed by atoms with E-state index in [0.717, 1.165) is 55.8 Å². The number of pyridine rings is 1. The molecule has 2 heterocycles. The fraction of sp³-hybridized carbons (Fsp3) is 0.222. The van der Waals surface area contributed by atoms with Gasteiger partial charge in [-0.25, -0.2) is 0 Å². The fourth-order valence-electron chi connectivity index (χ4n) is 6.96. The van der Waals surface area contributed by atoms with Crippen LogP contribution >= 0.6 is 0 Å². The molecule has 0 bridgehead atoms. The average Bonchev–Trinajstić information content (AvgIpc) is 3.65. The zero-order chi connectivity index (χ0) is 46.2. The third kappa shape index (κ3) is 9.64. The number of benzene rings is 6. The molecule has 58 heavy (non-hydrogen) atoms. The minimum absolute atomic E-state index is 0. The van der Waals surface area contributed by atoms with Crippen LogP contribution in [0.1, 0.15) is 92.1 Å². The Kier molecular flexibility index (Phi) is 10.7. The predicted octanol–water partition coefficient (Wildman–Crippen LogP) is 14.5. The van der Waals surface area contributed by atoms with Gasteiger partial charge in [0.15, 0.2) is 0 Å². The van der Waals surface area contributed by atoms with Crippen molar-refractivity contribution in [2.75, 3.05) is 0 Å². The molecule has 0 aliphatic carbocycles. The maximum atomic E-state index is 8.98. The van der Waals surface area contributed by atoms with Gasteiger partial charge < -0.3 is 9.55 Å². The van der Waals surface area contributed by atoms with Crippen LogP contribution in [0.4, 0.5) is 0 Å². The van der Waals surface area contributed by atoms with E-state index in [1.54, 1.807) is 6.07 Å². The van der Waals surface area contributed by atoms with E-state index in [1.807, 2.05) is 199 Å².